The largest absolute Gasteiger partial charge is 0.319 e. The summed E-state index contributed by atoms with van der Waals surface area (Å²) in [6.45, 7) is 0. The van der Waals surface area contributed by atoms with Crippen LogP contribution in [-0.2, 0) is 0 Å². The van der Waals surface area contributed by atoms with Gasteiger partial charge in [-0.25, -0.2) is 13.8 Å². The van der Waals surface area contributed by atoms with Gasteiger partial charge in [-0.1, -0.05) is 0 Å². The van der Waals surface area contributed by atoms with Crippen LogP contribution in [0.4, 0.5) is 8.78 Å². The molecule has 0 spiro atoms. The number of alkyl halides is 2. The number of nitrogens with zero attached hydrogens (tertiary/aromatic N) is 1. The van der Waals surface area contributed by atoms with Gasteiger partial charge in [-0.05, 0) is 12.8 Å². The van der Waals surface area contributed by atoms with Gasteiger partial charge in [-0.2, -0.15) is 0 Å². The van der Waals surface area contributed by atoms with Gasteiger partial charge in [0.15, 0.2) is 0 Å². The van der Waals surface area contributed by atoms with E-state index < -0.39 is 12.5 Å². The van der Waals surface area contributed by atoms with E-state index in [1.165, 1.54) is 11.3 Å². The maximum atomic E-state index is 12.3. The lowest BCUT2D eigenvalue weighted by Gasteiger charge is -2.09. The fraction of sp³-hybridized carbons (Fsp3) is 0.625. The van der Waals surface area contributed by atoms with Crippen LogP contribution in [0.3, 0.4) is 0 Å². The molecule has 0 saturated heterocycles. The monoisotopic (exact) mass is 204 g/mol. The predicted molar refractivity (Wildman–Crippen MR) is 47.0 cm³/mol. The summed E-state index contributed by atoms with van der Waals surface area (Å²) in [5.41, 5.74) is 7.77. The van der Waals surface area contributed by atoms with Crippen LogP contribution in [0.15, 0.2) is 5.51 Å². The molecule has 1 aromatic heterocycles. The maximum absolute atomic E-state index is 12.3. The zero-order chi connectivity index (χ0) is 9.42. The highest BCUT2D eigenvalue weighted by Gasteiger charge is 2.32. The molecule has 1 heterocycles. The minimum Gasteiger partial charge on any atom is -0.319 e. The number of hydrogen-bond donors (Lipinski definition) is 1. The minimum atomic E-state index is -2.49. The van der Waals surface area contributed by atoms with Gasteiger partial charge in [0.2, 0.25) is 0 Å². The lowest BCUT2D eigenvalue weighted by atomic mass is 10.2. The van der Waals surface area contributed by atoms with Gasteiger partial charge in [-0.15, -0.1) is 11.3 Å². The zero-order valence-electron chi connectivity index (χ0n) is 6.91. The molecule has 0 bridgehead atoms. The van der Waals surface area contributed by atoms with Crippen LogP contribution in [0.1, 0.15) is 35.4 Å². The van der Waals surface area contributed by atoms with E-state index in [0.29, 0.717) is 10.8 Å². The van der Waals surface area contributed by atoms with E-state index in [2.05, 4.69) is 4.98 Å². The smallest absolute Gasteiger partial charge is 0.258 e. The Bertz CT molecular complexity index is 296. The molecule has 1 atom stereocenters. The van der Waals surface area contributed by atoms with E-state index in [-0.39, 0.29) is 0 Å². The second-order valence-electron chi connectivity index (χ2n) is 3.24. The van der Waals surface area contributed by atoms with Crippen LogP contribution in [0, 0.1) is 0 Å². The molecule has 1 aliphatic carbocycles. The Morgan fingerprint density at radius 1 is 1.54 bits per heavy atom. The molecule has 13 heavy (non-hydrogen) atoms. The van der Waals surface area contributed by atoms with Crippen molar-refractivity contribution in [2.24, 2.45) is 5.73 Å². The van der Waals surface area contributed by atoms with Crippen LogP contribution in [0.2, 0.25) is 0 Å². The molecule has 2 N–H and O–H groups in total. The summed E-state index contributed by atoms with van der Waals surface area (Å²) in [5, 5.41) is 0. The number of aromatic nitrogens is 1. The van der Waals surface area contributed by atoms with Gasteiger partial charge in [-0.3, -0.25) is 0 Å². The summed E-state index contributed by atoms with van der Waals surface area (Å²) >= 11 is 1.24. The highest BCUT2D eigenvalue weighted by atomic mass is 32.1. The summed E-state index contributed by atoms with van der Waals surface area (Å²) in [4.78, 5) is 4.65. The highest BCUT2D eigenvalue weighted by Crippen LogP contribution is 2.43. The third kappa shape index (κ3) is 1.71. The van der Waals surface area contributed by atoms with Crippen molar-refractivity contribution < 1.29 is 8.78 Å². The van der Waals surface area contributed by atoms with Crippen LogP contribution in [0.5, 0.6) is 0 Å². The standard InChI is InChI=1S/C8H10F2N2S/c9-8(10)5(11)7-6(4-1-2-4)12-3-13-7/h3-5,8H,1-2,11H2. The number of halogens is 2. The molecule has 5 heteroatoms. The molecule has 2 nitrogen and oxygen atoms in total. The van der Waals surface area contributed by atoms with E-state index in [9.17, 15) is 8.78 Å². The van der Waals surface area contributed by atoms with Gasteiger partial charge >= 0.3 is 0 Å². The van der Waals surface area contributed by atoms with Crippen LogP contribution >= 0.6 is 11.3 Å². The molecule has 1 fully saturated rings. The van der Waals surface area contributed by atoms with Gasteiger partial charge in [0.05, 0.1) is 16.1 Å². The Kier molecular flexibility index (Phi) is 2.29. The molecule has 1 unspecified atom stereocenters. The van der Waals surface area contributed by atoms with Crippen molar-refractivity contribution in [3.05, 3.63) is 16.1 Å². The first-order chi connectivity index (χ1) is 6.20. The summed E-state index contributed by atoms with van der Waals surface area (Å²) in [5.74, 6) is 0.394. The van der Waals surface area contributed by atoms with E-state index >= 15 is 0 Å². The summed E-state index contributed by atoms with van der Waals surface area (Å²) in [6.07, 6.45) is -0.364. The predicted octanol–water partition coefficient (Wildman–Crippen LogP) is 2.29. The van der Waals surface area contributed by atoms with Crippen molar-refractivity contribution in [1.29, 1.82) is 0 Å². The summed E-state index contributed by atoms with van der Waals surface area (Å²) in [6, 6.07) is -1.15. The topological polar surface area (TPSA) is 38.9 Å². The Balaban J connectivity index is 2.22. The molecule has 2 rings (SSSR count). The van der Waals surface area contributed by atoms with Gasteiger partial charge in [0.25, 0.3) is 6.43 Å². The van der Waals surface area contributed by atoms with E-state index in [4.69, 9.17) is 5.73 Å². The van der Waals surface area contributed by atoms with E-state index in [1.54, 1.807) is 5.51 Å². The Morgan fingerprint density at radius 2 is 2.23 bits per heavy atom. The minimum absolute atomic E-state index is 0.394. The van der Waals surface area contributed by atoms with Crippen molar-refractivity contribution in [1.82, 2.24) is 4.98 Å². The number of nitrogens with two attached hydrogens (primary N) is 1. The number of rotatable bonds is 3. The van der Waals surface area contributed by atoms with Crippen LogP contribution in [0.25, 0.3) is 0 Å². The van der Waals surface area contributed by atoms with Gasteiger partial charge < -0.3 is 5.73 Å². The Hall–Kier alpha value is -0.550. The second-order valence-corrected chi connectivity index (χ2v) is 4.12. The Labute approximate surface area is 78.8 Å². The number of thiazole rings is 1. The third-order valence-electron chi connectivity index (χ3n) is 2.16. The molecule has 72 valence electrons. The normalized spacial score (nSPS) is 19.4. The highest BCUT2D eigenvalue weighted by molar-refractivity contribution is 7.09. The summed E-state index contributed by atoms with van der Waals surface area (Å²) < 4.78 is 24.6. The molecule has 0 amide bonds. The molecule has 0 aromatic carbocycles. The van der Waals surface area contributed by atoms with Gasteiger partial charge in [0.1, 0.15) is 6.04 Å². The van der Waals surface area contributed by atoms with Crippen molar-refractivity contribution in [3.63, 3.8) is 0 Å². The molecule has 0 radical (unpaired) electrons. The number of hydrogen-bond acceptors (Lipinski definition) is 3. The fourth-order valence-corrected chi connectivity index (χ4v) is 2.17. The summed E-state index contributed by atoms with van der Waals surface area (Å²) in [7, 11) is 0. The van der Waals surface area contributed by atoms with Crippen molar-refractivity contribution in [2.75, 3.05) is 0 Å². The van der Waals surface area contributed by atoms with Crippen molar-refractivity contribution in [3.8, 4) is 0 Å². The molecule has 1 aromatic rings. The molecular weight excluding hydrogens is 194 g/mol. The van der Waals surface area contributed by atoms with Crippen molar-refractivity contribution in [2.45, 2.75) is 31.2 Å². The first kappa shape index (κ1) is 9.02. The van der Waals surface area contributed by atoms with E-state index in [1.807, 2.05) is 0 Å². The van der Waals surface area contributed by atoms with Gasteiger partial charge in [0, 0.05) is 5.92 Å². The molecular formula is C8H10F2N2S. The average Bonchev–Trinajstić information content (AvgIpc) is 2.83. The first-order valence-corrected chi connectivity index (χ1v) is 5.05. The molecule has 1 saturated carbocycles. The average molecular weight is 204 g/mol. The fourth-order valence-electron chi connectivity index (χ4n) is 1.29. The quantitative estimate of drug-likeness (QED) is 0.820. The lowest BCUT2D eigenvalue weighted by Crippen LogP contribution is -2.19. The molecule has 1 aliphatic rings. The maximum Gasteiger partial charge on any atom is 0.258 e. The first-order valence-electron chi connectivity index (χ1n) is 4.17. The van der Waals surface area contributed by atoms with E-state index in [0.717, 1.165) is 18.5 Å². The van der Waals surface area contributed by atoms with Crippen LogP contribution in [-0.4, -0.2) is 11.4 Å². The van der Waals surface area contributed by atoms with Crippen molar-refractivity contribution >= 4 is 11.3 Å². The lowest BCUT2D eigenvalue weighted by molar-refractivity contribution is 0.117. The zero-order valence-corrected chi connectivity index (χ0v) is 7.73. The third-order valence-corrected chi connectivity index (χ3v) is 3.11. The molecule has 0 aliphatic heterocycles. The Morgan fingerprint density at radius 3 is 2.77 bits per heavy atom. The SMILES string of the molecule is NC(c1scnc1C1CC1)C(F)F. The second kappa shape index (κ2) is 3.31. The van der Waals surface area contributed by atoms with Crippen LogP contribution < -0.4 is 5.73 Å².